The van der Waals surface area contributed by atoms with Crippen molar-refractivity contribution in [2.24, 2.45) is 0 Å². The van der Waals surface area contributed by atoms with E-state index >= 15 is 0 Å². The van der Waals surface area contributed by atoms with E-state index in [0.29, 0.717) is 35.1 Å². The molecular formula is C25H24ClNO6S. The largest absolute Gasteiger partial charge is 0.493 e. The summed E-state index contributed by atoms with van der Waals surface area (Å²) in [5.41, 5.74) is 2.38. The molecule has 1 aliphatic heterocycles. The number of esters is 1. The van der Waals surface area contributed by atoms with Crippen LogP contribution in [0.3, 0.4) is 0 Å². The van der Waals surface area contributed by atoms with Crippen LogP contribution < -0.4 is 9.47 Å². The monoisotopic (exact) mass is 501 g/mol. The summed E-state index contributed by atoms with van der Waals surface area (Å²) < 4.78 is 16.3. The van der Waals surface area contributed by atoms with Crippen LogP contribution in [0, 0.1) is 0 Å². The van der Waals surface area contributed by atoms with Crippen LogP contribution in [0.4, 0.5) is 4.79 Å². The molecule has 2 aromatic rings. The van der Waals surface area contributed by atoms with Crippen LogP contribution in [0.2, 0.25) is 5.02 Å². The van der Waals surface area contributed by atoms with E-state index in [1.54, 1.807) is 30.4 Å². The zero-order valence-electron chi connectivity index (χ0n) is 19.0. The first kappa shape index (κ1) is 25.4. The number of thioether (sulfide) groups is 1. The molecule has 0 aromatic heterocycles. The van der Waals surface area contributed by atoms with Crippen molar-refractivity contribution in [3.05, 3.63) is 75.7 Å². The van der Waals surface area contributed by atoms with E-state index in [2.05, 4.69) is 11.3 Å². The Balaban J connectivity index is 1.91. The third kappa shape index (κ3) is 5.63. The fraction of sp³-hybridized carbons (Fsp3) is 0.240. The number of methoxy groups -OCH3 is 2. The number of hydrogen-bond donors (Lipinski definition) is 0. The van der Waals surface area contributed by atoms with Crippen LogP contribution in [-0.2, 0) is 27.4 Å². The zero-order valence-corrected chi connectivity index (χ0v) is 20.6. The van der Waals surface area contributed by atoms with E-state index in [9.17, 15) is 14.4 Å². The normalized spacial score (nSPS) is 15.4. The van der Waals surface area contributed by atoms with Crippen LogP contribution in [0.5, 0.6) is 11.5 Å². The second-order valence-electron chi connectivity index (χ2n) is 7.37. The average molecular weight is 502 g/mol. The number of allylic oxidation sites excluding steroid dienone is 1. The van der Waals surface area contributed by atoms with E-state index in [1.807, 2.05) is 18.2 Å². The molecule has 1 fully saturated rings. The first-order valence-corrected chi connectivity index (χ1v) is 11.5. The molecule has 1 atom stereocenters. The predicted octanol–water partition coefficient (Wildman–Crippen LogP) is 5.25. The van der Waals surface area contributed by atoms with Gasteiger partial charge in [-0.15, -0.1) is 6.58 Å². The second kappa shape index (κ2) is 11.3. The van der Waals surface area contributed by atoms with Crippen LogP contribution >= 0.6 is 23.4 Å². The summed E-state index contributed by atoms with van der Waals surface area (Å²) in [4.78, 5) is 38.1. The molecule has 3 rings (SSSR count). The number of hydrogen-bond acceptors (Lipinski definition) is 7. The minimum atomic E-state index is -1.02. The predicted molar refractivity (Wildman–Crippen MR) is 132 cm³/mol. The maximum Gasteiger partial charge on any atom is 0.328 e. The summed E-state index contributed by atoms with van der Waals surface area (Å²) in [6, 6.07) is 9.89. The number of carbonyl (C=O) groups excluding carboxylic acids is 3. The number of rotatable bonds is 9. The molecule has 0 saturated carbocycles. The minimum Gasteiger partial charge on any atom is -0.493 e. The van der Waals surface area contributed by atoms with E-state index in [-0.39, 0.29) is 4.91 Å². The molecule has 0 spiro atoms. The van der Waals surface area contributed by atoms with Crippen molar-refractivity contribution in [1.29, 1.82) is 0 Å². The zero-order chi connectivity index (χ0) is 24.8. The molecule has 7 nitrogen and oxygen atoms in total. The van der Waals surface area contributed by atoms with Gasteiger partial charge in [-0.25, -0.2) is 4.79 Å². The molecule has 2 amide bonds. The molecule has 9 heteroatoms. The molecule has 1 saturated heterocycles. The van der Waals surface area contributed by atoms with Crippen molar-refractivity contribution < 1.29 is 28.6 Å². The molecular weight excluding hydrogens is 478 g/mol. The Morgan fingerprint density at radius 2 is 1.91 bits per heavy atom. The number of nitrogens with zero attached hydrogens (tertiary/aromatic N) is 1. The van der Waals surface area contributed by atoms with Crippen molar-refractivity contribution >= 4 is 46.6 Å². The minimum absolute atomic E-state index is 0.196. The quantitative estimate of drug-likeness (QED) is 0.263. The SMILES string of the molecule is C=CCc1cc(/C=C2/SC(=O)N([C@H](C)C(=O)OC)C2=O)cc(OC)c1OCc1ccc(Cl)cc1. The average Bonchev–Trinajstić information content (AvgIpc) is 3.10. The van der Waals surface area contributed by atoms with E-state index in [0.717, 1.165) is 27.8 Å². The molecule has 0 radical (unpaired) electrons. The standard InChI is InChI=1S/C25H24ClNO6S/c1-5-6-18-11-17(13-21-23(28)27(25(30)34-21)15(2)24(29)32-4)12-20(31-3)22(18)33-14-16-7-9-19(26)10-8-16/h5,7-13,15H,1,6,14H2,2-4H3/b21-13+/t15-/m1/s1. The van der Waals surface area contributed by atoms with Gasteiger partial charge in [-0.1, -0.05) is 29.8 Å². The lowest BCUT2D eigenvalue weighted by Gasteiger charge is -2.18. The summed E-state index contributed by atoms with van der Waals surface area (Å²) in [7, 11) is 2.73. The van der Waals surface area contributed by atoms with Gasteiger partial charge in [0.2, 0.25) is 0 Å². The summed E-state index contributed by atoms with van der Waals surface area (Å²) in [6.45, 7) is 5.56. The summed E-state index contributed by atoms with van der Waals surface area (Å²) in [5, 5.41) is 0.110. The molecule has 1 aliphatic rings. The first-order valence-electron chi connectivity index (χ1n) is 10.3. The Kier molecular flexibility index (Phi) is 8.41. The molecule has 1 heterocycles. The van der Waals surface area contributed by atoms with Gasteiger partial charge >= 0.3 is 5.97 Å². The highest BCUT2D eigenvalue weighted by Gasteiger charge is 2.41. The highest BCUT2D eigenvalue weighted by molar-refractivity contribution is 8.18. The van der Waals surface area contributed by atoms with E-state index in [4.69, 9.17) is 21.1 Å². The third-order valence-corrected chi connectivity index (χ3v) is 6.22. The van der Waals surface area contributed by atoms with Gasteiger partial charge in [0.05, 0.1) is 19.1 Å². The molecule has 34 heavy (non-hydrogen) atoms. The van der Waals surface area contributed by atoms with Gasteiger partial charge in [0, 0.05) is 10.6 Å². The summed E-state index contributed by atoms with van der Waals surface area (Å²) >= 11 is 6.71. The summed E-state index contributed by atoms with van der Waals surface area (Å²) in [5.74, 6) is -0.190. The fourth-order valence-corrected chi connectivity index (χ4v) is 4.40. The van der Waals surface area contributed by atoms with Crippen LogP contribution in [-0.4, -0.2) is 42.3 Å². The lowest BCUT2D eigenvalue weighted by atomic mass is 10.0. The number of carbonyl (C=O) groups is 3. The third-order valence-electron chi connectivity index (χ3n) is 5.09. The van der Waals surface area contributed by atoms with E-state index in [1.165, 1.54) is 21.1 Å². The van der Waals surface area contributed by atoms with Crippen LogP contribution in [0.25, 0.3) is 6.08 Å². The number of halogens is 1. The fourth-order valence-electron chi connectivity index (χ4n) is 3.37. The Labute approximate surface area is 207 Å². The smallest absolute Gasteiger partial charge is 0.328 e. The second-order valence-corrected chi connectivity index (χ2v) is 8.80. The Morgan fingerprint density at radius 1 is 1.21 bits per heavy atom. The van der Waals surface area contributed by atoms with Gasteiger partial charge in [0.1, 0.15) is 12.6 Å². The molecule has 0 aliphatic carbocycles. The van der Waals surface area contributed by atoms with Gasteiger partial charge in [0.15, 0.2) is 11.5 Å². The number of imide groups is 1. The highest BCUT2D eigenvalue weighted by atomic mass is 35.5. The van der Waals surface area contributed by atoms with Gasteiger partial charge < -0.3 is 14.2 Å². The number of benzene rings is 2. The molecule has 0 bridgehead atoms. The topological polar surface area (TPSA) is 82.1 Å². The molecule has 178 valence electrons. The maximum atomic E-state index is 12.8. The lowest BCUT2D eigenvalue weighted by Crippen LogP contribution is -2.42. The van der Waals surface area contributed by atoms with Crippen LogP contribution in [0.15, 0.2) is 54.0 Å². The van der Waals surface area contributed by atoms with Crippen molar-refractivity contribution in [3.63, 3.8) is 0 Å². The van der Waals surface area contributed by atoms with Crippen molar-refractivity contribution in [3.8, 4) is 11.5 Å². The molecule has 0 N–H and O–H groups in total. The van der Waals surface area contributed by atoms with Crippen molar-refractivity contribution in [2.45, 2.75) is 26.0 Å². The van der Waals surface area contributed by atoms with Crippen LogP contribution in [0.1, 0.15) is 23.6 Å². The Hall–Kier alpha value is -3.23. The Morgan fingerprint density at radius 3 is 2.53 bits per heavy atom. The lowest BCUT2D eigenvalue weighted by molar-refractivity contribution is -0.148. The van der Waals surface area contributed by atoms with Gasteiger partial charge in [-0.3, -0.25) is 14.5 Å². The van der Waals surface area contributed by atoms with Gasteiger partial charge in [-0.2, -0.15) is 0 Å². The number of amides is 2. The van der Waals surface area contributed by atoms with Gasteiger partial charge in [-0.05, 0) is 66.6 Å². The first-order chi connectivity index (χ1) is 16.3. The molecule has 0 unspecified atom stereocenters. The molecule has 2 aromatic carbocycles. The van der Waals surface area contributed by atoms with Crippen molar-refractivity contribution in [1.82, 2.24) is 4.90 Å². The maximum absolute atomic E-state index is 12.8. The van der Waals surface area contributed by atoms with E-state index < -0.39 is 23.2 Å². The Bertz CT molecular complexity index is 1140. The van der Waals surface area contributed by atoms with Gasteiger partial charge in [0.25, 0.3) is 11.1 Å². The van der Waals surface area contributed by atoms with Crippen molar-refractivity contribution in [2.75, 3.05) is 14.2 Å². The summed E-state index contributed by atoms with van der Waals surface area (Å²) in [6.07, 6.45) is 3.82. The number of ether oxygens (including phenoxy) is 3. The highest BCUT2D eigenvalue weighted by Crippen LogP contribution is 2.38.